The lowest BCUT2D eigenvalue weighted by molar-refractivity contribution is 0.112. The summed E-state index contributed by atoms with van der Waals surface area (Å²) >= 11 is 3.34. The van der Waals surface area contributed by atoms with Crippen molar-refractivity contribution in [2.45, 2.75) is 20.0 Å². The Balaban J connectivity index is 3.18. The Labute approximate surface area is 97.5 Å². The Kier molecular flexibility index (Phi) is 4.15. The van der Waals surface area contributed by atoms with Crippen LogP contribution in [-0.4, -0.2) is 19.5 Å². The third-order valence-electron chi connectivity index (χ3n) is 1.74. The molecule has 0 amide bonds. The van der Waals surface area contributed by atoms with Crippen molar-refractivity contribution in [1.29, 1.82) is 0 Å². The maximum absolute atomic E-state index is 10.6. The van der Waals surface area contributed by atoms with Crippen LogP contribution in [0.2, 0.25) is 0 Å². The smallest absolute Gasteiger partial charge is 0.175 e. The van der Waals surface area contributed by atoms with Gasteiger partial charge < -0.3 is 9.47 Å². The molecule has 0 N–H and O–H groups in total. The van der Waals surface area contributed by atoms with E-state index < -0.39 is 0 Å². The quantitative estimate of drug-likeness (QED) is 0.791. The van der Waals surface area contributed by atoms with Crippen molar-refractivity contribution in [3.8, 4) is 11.5 Å². The molecule has 0 saturated carbocycles. The summed E-state index contributed by atoms with van der Waals surface area (Å²) in [6, 6.07) is 3.35. The molecule has 0 unspecified atom stereocenters. The highest BCUT2D eigenvalue weighted by Gasteiger charge is 2.12. The second-order valence-electron chi connectivity index (χ2n) is 3.32. The van der Waals surface area contributed by atoms with E-state index >= 15 is 0 Å². The number of benzene rings is 1. The fourth-order valence-corrected chi connectivity index (χ4v) is 1.71. The minimum absolute atomic E-state index is 0.0530. The predicted octanol–water partition coefficient (Wildman–Crippen LogP) is 3.06. The van der Waals surface area contributed by atoms with Crippen LogP contribution in [0.5, 0.6) is 11.5 Å². The molecule has 0 heterocycles. The lowest BCUT2D eigenvalue weighted by Gasteiger charge is -2.15. The van der Waals surface area contributed by atoms with Crippen LogP contribution in [0.1, 0.15) is 24.2 Å². The number of carbonyl (C=O) groups excluding carboxylic acids is 1. The predicted molar refractivity (Wildman–Crippen MR) is 61.8 cm³/mol. The van der Waals surface area contributed by atoms with E-state index in [4.69, 9.17) is 9.47 Å². The van der Waals surface area contributed by atoms with Crippen molar-refractivity contribution in [2.24, 2.45) is 0 Å². The highest BCUT2D eigenvalue weighted by Crippen LogP contribution is 2.36. The first-order valence-corrected chi connectivity index (χ1v) is 5.37. The molecule has 0 radical (unpaired) electrons. The molecular weight excluding hydrogens is 260 g/mol. The second kappa shape index (κ2) is 5.16. The summed E-state index contributed by atoms with van der Waals surface area (Å²) in [5, 5.41) is 0. The van der Waals surface area contributed by atoms with E-state index in [1.165, 1.54) is 0 Å². The van der Waals surface area contributed by atoms with Crippen LogP contribution in [0.15, 0.2) is 16.6 Å². The van der Waals surface area contributed by atoms with Gasteiger partial charge >= 0.3 is 0 Å². The highest BCUT2D eigenvalue weighted by molar-refractivity contribution is 9.10. The van der Waals surface area contributed by atoms with Crippen molar-refractivity contribution >= 4 is 22.2 Å². The van der Waals surface area contributed by atoms with Gasteiger partial charge in [0.25, 0.3) is 0 Å². The zero-order chi connectivity index (χ0) is 11.4. The van der Waals surface area contributed by atoms with Crippen molar-refractivity contribution in [3.63, 3.8) is 0 Å². The van der Waals surface area contributed by atoms with Gasteiger partial charge in [0.1, 0.15) is 6.29 Å². The van der Waals surface area contributed by atoms with Crippen LogP contribution in [0, 0.1) is 0 Å². The average molecular weight is 273 g/mol. The van der Waals surface area contributed by atoms with Gasteiger partial charge in [0.05, 0.1) is 17.7 Å². The summed E-state index contributed by atoms with van der Waals surface area (Å²) < 4.78 is 11.5. The molecule has 3 nitrogen and oxygen atoms in total. The van der Waals surface area contributed by atoms with Gasteiger partial charge in [0, 0.05) is 5.56 Å². The summed E-state index contributed by atoms with van der Waals surface area (Å²) in [5.74, 6) is 1.18. The fourth-order valence-electron chi connectivity index (χ4n) is 1.16. The number of ether oxygens (including phenoxy) is 2. The first-order chi connectivity index (χ1) is 7.08. The summed E-state index contributed by atoms with van der Waals surface area (Å²) in [7, 11) is 1.55. The molecule has 0 aliphatic carbocycles. The van der Waals surface area contributed by atoms with Gasteiger partial charge in [-0.1, -0.05) is 0 Å². The molecule has 0 fully saturated rings. The van der Waals surface area contributed by atoms with Gasteiger partial charge in [-0.25, -0.2) is 0 Å². The first-order valence-electron chi connectivity index (χ1n) is 4.57. The molecule has 0 spiro atoms. The number of hydrogen-bond donors (Lipinski definition) is 0. The number of methoxy groups -OCH3 is 1. The lowest BCUT2D eigenvalue weighted by Crippen LogP contribution is -2.07. The normalized spacial score (nSPS) is 10.2. The highest BCUT2D eigenvalue weighted by atomic mass is 79.9. The molecule has 1 aromatic rings. The molecule has 1 rings (SSSR count). The Morgan fingerprint density at radius 1 is 1.40 bits per heavy atom. The lowest BCUT2D eigenvalue weighted by atomic mass is 10.2. The standard InChI is InChI=1S/C11H13BrO3/c1-7(2)15-11-9(12)4-8(6-13)5-10(11)14-3/h4-7H,1-3H3. The molecule has 0 aromatic heterocycles. The molecule has 0 atom stereocenters. The van der Waals surface area contributed by atoms with E-state index in [1.54, 1.807) is 19.2 Å². The molecule has 82 valence electrons. The van der Waals surface area contributed by atoms with Crippen LogP contribution in [0.25, 0.3) is 0 Å². The van der Waals surface area contributed by atoms with Gasteiger partial charge in [-0.3, -0.25) is 4.79 Å². The van der Waals surface area contributed by atoms with Gasteiger partial charge in [-0.15, -0.1) is 0 Å². The van der Waals surface area contributed by atoms with Gasteiger partial charge in [-0.2, -0.15) is 0 Å². The van der Waals surface area contributed by atoms with Gasteiger partial charge in [0.2, 0.25) is 0 Å². The molecule has 4 heteroatoms. The third-order valence-corrected chi connectivity index (χ3v) is 2.33. The summed E-state index contributed by atoms with van der Waals surface area (Å²) in [5.41, 5.74) is 0.551. The minimum atomic E-state index is 0.0530. The summed E-state index contributed by atoms with van der Waals surface area (Å²) in [6.45, 7) is 3.86. The van der Waals surface area contributed by atoms with E-state index in [1.807, 2.05) is 13.8 Å². The van der Waals surface area contributed by atoms with Crippen LogP contribution >= 0.6 is 15.9 Å². The Hall–Kier alpha value is -1.03. The van der Waals surface area contributed by atoms with Crippen molar-refractivity contribution in [3.05, 3.63) is 22.2 Å². The number of aldehydes is 1. The van der Waals surface area contributed by atoms with Gasteiger partial charge in [-0.05, 0) is 41.9 Å². The van der Waals surface area contributed by atoms with E-state index in [0.717, 1.165) is 10.8 Å². The average Bonchev–Trinajstić information content (AvgIpc) is 2.20. The van der Waals surface area contributed by atoms with E-state index in [-0.39, 0.29) is 6.10 Å². The summed E-state index contributed by atoms with van der Waals surface area (Å²) in [4.78, 5) is 10.6. The number of hydrogen-bond acceptors (Lipinski definition) is 3. The molecule has 15 heavy (non-hydrogen) atoms. The maximum Gasteiger partial charge on any atom is 0.175 e. The Morgan fingerprint density at radius 3 is 2.53 bits per heavy atom. The molecule has 0 aliphatic rings. The van der Waals surface area contributed by atoms with E-state index in [9.17, 15) is 4.79 Å². The Bertz CT molecular complexity index is 361. The van der Waals surface area contributed by atoms with Crippen LogP contribution in [-0.2, 0) is 0 Å². The SMILES string of the molecule is COc1cc(C=O)cc(Br)c1OC(C)C. The third kappa shape index (κ3) is 2.96. The summed E-state index contributed by atoms with van der Waals surface area (Å²) in [6.07, 6.45) is 0.823. The monoisotopic (exact) mass is 272 g/mol. The topological polar surface area (TPSA) is 35.5 Å². The van der Waals surface area contributed by atoms with Crippen molar-refractivity contribution < 1.29 is 14.3 Å². The number of carbonyl (C=O) groups is 1. The molecule has 0 aliphatic heterocycles. The zero-order valence-electron chi connectivity index (χ0n) is 8.91. The van der Waals surface area contributed by atoms with Crippen LogP contribution < -0.4 is 9.47 Å². The van der Waals surface area contributed by atoms with Crippen molar-refractivity contribution in [2.75, 3.05) is 7.11 Å². The fraction of sp³-hybridized carbons (Fsp3) is 0.364. The molecular formula is C11H13BrO3. The molecule has 0 saturated heterocycles. The first kappa shape index (κ1) is 12.0. The minimum Gasteiger partial charge on any atom is -0.493 e. The zero-order valence-corrected chi connectivity index (χ0v) is 10.5. The van der Waals surface area contributed by atoms with Gasteiger partial charge in [0.15, 0.2) is 11.5 Å². The van der Waals surface area contributed by atoms with Crippen molar-refractivity contribution in [1.82, 2.24) is 0 Å². The molecule has 1 aromatic carbocycles. The molecule has 0 bridgehead atoms. The Morgan fingerprint density at radius 2 is 2.07 bits per heavy atom. The number of rotatable bonds is 4. The van der Waals surface area contributed by atoms with Crippen LogP contribution in [0.3, 0.4) is 0 Å². The number of halogens is 1. The van der Waals surface area contributed by atoms with E-state index in [2.05, 4.69) is 15.9 Å². The maximum atomic E-state index is 10.6. The van der Waals surface area contributed by atoms with E-state index in [0.29, 0.717) is 17.1 Å². The largest absolute Gasteiger partial charge is 0.493 e. The second-order valence-corrected chi connectivity index (χ2v) is 4.17. The van der Waals surface area contributed by atoms with Crippen LogP contribution in [0.4, 0.5) is 0 Å².